The number of hydrogen-bond acceptors (Lipinski definition) is 4. The van der Waals surface area contributed by atoms with Gasteiger partial charge in [-0.15, -0.1) is 11.8 Å². The molecule has 7 heteroatoms. The van der Waals surface area contributed by atoms with Gasteiger partial charge in [-0.1, -0.05) is 30.3 Å². The van der Waals surface area contributed by atoms with E-state index in [0.717, 1.165) is 5.56 Å². The van der Waals surface area contributed by atoms with Crippen LogP contribution in [0.3, 0.4) is 0 Å². The first-order valence-electron chi connectivity index (χ1n) is 6.58. The number of amides is 2. The molecular formula is C14H14N2O4S. The minimum atomic E-state index is -0.993. The van der Waals surface area contributed by atoms with Crippen molar-refractivity contribution in [3.05, 3.63) is 35.9 Å². The number of hydrogen-bond donors (Lipinski definition) is 2. The molecule has 0 bridgehead atoms. The summed E-state index contributed by atoms with van der Waals surface area (Å²) in [7, 11) is 0. The smallest absolute Gasteiger partial charge is 0.327 e. The van der Waals surface area contributed by atoms with Crippen LogP contribution in [0.5, 0.6) is 0 Å². The zero-order chi connectivity index (χ0) is 15.0. The van der Waals surface area contributed by atoms with E-state index in [1.54, 1.807) is 0 Å². The molecule has 21 heavy (non-hydrogen) atoms. The molecule has 2 aliphatic heterocycles. The Hall–Kier alpha value is -2.02. The molecule has 110 valence electrons. The van der Waals surface area contributed by atoms with Crippen LogP contribution in [0.4, 0.5) is 0 Å². The predicted molar refractivity (Wildman–Crippen MR) is 76.6 cm³/mol. The number of β-lactam (4-membered cyclic amide) rings is 1. The molecule has 2 fully saturated rings. The lowest BCUT2D eigenvalue weighted by atomic mass is 10.0. The van der Waals surface area contributed by atoms with E-state index in [1.807, 2.05) is 30.3 Å². The summed E-state index contributed by atoms with van der Waals surface area (Å²) in [6, 6.07) is 7.89. The molecule has 1 aromatic rings. The van der Waals surface area contributed by atoms with Gasteiger partial charge in [-0.05, 0) is 5.56 Å². The summed E-state index contributed by atoms with van der Waals surface area (Å²) < 4.78 is 0. The summed E-state index contributed by atoms with van der Waals surface area (Å²) in [5, 5.41) is 11.5. The molecular weight excluding hydrogens is 292 g/mol. The van der Waals surface area contributed by atoms with E-state index in [4.69, 9.17) is 5.11 Å². The monoisotopic (exact) mass is 306 g/mol. The third-order valence-corrected chi connectivity index (χ3v) is 5.00. The Kier molecular flexibility index (Phi) is 3.59. The summed E-state index contributed by atoms with van der Waals surface area (Å²) in [6.07, 6.45) is 0.213. The van der Waals surface area contributed by atoms with Crippen LogP contribution in [0.15, 0.2) is 30.3 Å². The second-order valence-electron chi connectivity index (χ2n) is 5.03. The van der Waals surface area contributed by atoms with Gasteiger partial charge in [-0.25, -0.2) is 4.79 Å². The molecule has 0 aromatic heterocycles. The lowest BCUT2D eigenvalue weighted by Crippen LogP contribution is -2.70. The minimum Gasteiger partial charge on any atom is -0.480 e. The average Bonchev–Trinajstić information content (AvgIpc) is 2.86. The third-order valence-electron chi connectivity index (χ3n) is 3.65. The normalized spacial score (nSPS) is 27.0. The molecule has 0 saturated carbocycles. The lowest BCUT2D eigenvalue weighted by Gasteiger charge is -2.43. The Morgan fingerprint density at radius 3 is 2.71 bits per heavy atom. The second kappa shape index (κ2) is 5.40. The van der Waals surface area contributed by atoms with E-state index in [9.17, 15) is 14.4 Å². The summed E-state index contributed by atoms with van der Waals surface area (Å²) in [4.78, 5) is 36.3. The molecule has 2 N–H and O–H groups in total. The lowest BCUT2D eigenvalue weighted by molar-refractivity contribution is -0.159. The van der Waals surface area contributed by atoms with E-state index in [2.05, 4.69) is 5.32 Å². The molecule has 2 unspecified atom stereocenters. The minimum absolute atomic E-state index is 0.213. The molecule has 0 radical (unpaired) electrons. The number of carboxylic acids is 1. The van der Waals surface area contributed by atoms with E-state index in [-0.39, 0.29) is 23.6 Å². The molecule has 2 aliphatic rings. The molecule has 3 atom stereocenters. The van der Waals surface area contributed by atoms with Crippen LogP contribution in [0.2, 0.25) is 0 Å². The van der Waals surface area contributed by atoms with Crippen molar-refractivity contribution in [3.8, 4) is 0 Å². The first-order valence-corrected chi connectivity index (χ1v) is 7.62. The highest BCUT2D eigenvalue weighted by molar-refractivity contribution is 8.00. The number of aliphatic carboxylic acids is 1. The number of carbonyl (C=O) groups is 3. The first-order chi connectivity index (χ1) is 10.1. The molecule has 1 aromatic carbocycles. The fourth-order valence-corrected chi connectivity index (χ4v) is 4.06. The van der Waals surface area contributed by atoms with Gasteiger partial charge in [0.25, 0.3) is 0 Å². The number of thioether (sulfide) groups is 1. The van der Waals surface area contributed by atoms with Gasteiger partial charge in [0.2, 0.25) is 11.8 Å². The number of carboxylic acid groups (broad SMARTS) is 1. The molecule has 2 heterocycles. The fraction of sp³-hybridized carbons (Fsp3) is 0.357. The maximum absolute atomic E-state index is 12.0. The number of benzene rings is 1. The molecule has 6 nitrogen and oxygen atoms in total. The van der Waals surface area contributed by atoms with E-state index >= 15 is 0 Å². The highest BCUT2D eigenvalue weighted by Gasteiger charge is 2.57. The number of nitrogens with one attached hydrogen (secondary N) is 1. The van der Waals surface area contributed by atoms with Crippen LogP contribution in [0.25, 0.3) is 0 Å². The van der Waals surface area contributed by atoms with E-state index in [1.165, 1.54) is 16.7 Å². The topological polar surface area (TPSA) is 86.7 Å². The molecule has 0 spiro atoms. The number of fused-ring (bicyclic) bond motifs is 1. The van der Waals surface area contributed by atoms with Crippen LogP contribution in [0.1, 0.15) is 5.56 Å². The van der Waals surface area contributed by atoms with Gasteiger partial charge in [0.1, 0.15) is 17.5 Å². The predicted octanol–water partition coefficient (Wildman–Crippen LogP) is 0.0822. The molecule has 0 aliphatic carbocycles. The van der Waals surface area contributed by atoms with Crippen LogP contribution in [-0.4, -0.2) is 51.0 Å². The zero-order valence-corrected chi connectivity index (χ0v) is 11.9. The van der Waals surface area contributed by atoms with Gasteiger partial charge in [0, 0.05) is 5.75 Å². The zero-order valence-electron chi connectivity index (χ0n) is 11.1. The van der Waals surface area contributed by atoms with Crippen molar-refractivity contribution in [2.24, 2.45) is 0 Å². The number of rotatable bonds is 4. The van der Waals surface area contributed by atoms with E-state index < -0.39 is 18.1 Å². The fourth-order valence-electron chi connectivity index (χ4n) is 2.59. The van der Waals surface area contributed by atoms with Gasteiger partial charge in [-0.3, -0.25) is 9.59 Å². The maximum atomic E-state index is 12.0. The first kappa shape index (κ1) is 13.9. The summed E-state index contributed by atoms with van der Waals surface area (Å²) in [6.45, 7) is 0. The maximum Gasteiger partial charge on any atom is 0.327 e. The van der Waals surface area contributed by atoms with Crippen molar-refractivity contribution in [1.29, 1.82) is 0 Å². The number of carbonyl (C=O) groups excluding carboxylic acids is 2. The average molecular weight is 306 g/mol. The standard InChI is InChI=1S/C14H14N2O4S/c17-10(6-8-4-2-1-3-5-8)15-11-12(18)16-9(14(19)20)7-21-13(11)16/h1-5,9,11,13H,6-7H2,(H,15,17)(H,19,20)/t9?,11?,13-/m0/s1. The van der Waals surface area contributed by atoms with Crippen molar-refractivity contribution in [3.63, 3.8) is 0 Å². The van der Waals surface area contributed by atoms with Crippen molar-refractivity contribution >= 4 is 29.5 Å². The van der Waals surface area contributed by atoms with Crippen LogP contribution in [-0.2, 0) is 20.8 Å². The van der Waals surface area contributed by atoms with E-state index in [0.29, 0.717) is 5.75 Å². The number of nitrogens with zero attached hydrogens (tertiary/aromatic N) is 1. The van der Waals surface area contributed by atoms with Gasteiger partial charge in [-0.2, -0.15) is 0 Å². The van der Waals surface area contributed by atoms with Crippen LogP contribution in [0, 0.1) is 0 Å². The second-order valence-corrected chi connectivity index (χ2v) is 6.18. The van der Waals surface area contributed by atoms with Crippen molar-refractivity contribution in [2.75, 3.05) is 5.75 Å². The summed E-state index contributed by atoms with van der Waals surface area (Å²) in [5.41, 5.74) is 0.876. The quantitative estimate of drug-likeness (QED) is 0.770. The molecule has 2 amide bonds. The highest BCUT2D eigenvalue weighted by atomic mass is 32.2. The van der Waals surface area contributed by atoms with Crippen LogP contribution < -0.4 is 5.32 Å². The molecule has 2 saturated heterocycles. The molecule has 3 rings (SSSR count). The largest absolute Gasteiger partial charge is 0.480 e. The van der Waals surface area contributed by atoms with Crippen molar-refractivity contribution < 1.29 is 19.5 Å². The van der Waals surface area contributed by atoms with Crippen LogP contribution >= 0.6 is 11.8 Å². The third kappa shape index (κ3) is 2.49. The van der Waals surface area contributed by atoms with Gasteiger partial charge < -0.3 is 15.3 Å². The van der Waals surface area contributed by atoms with Crippen molar-refractivity contribution in [1.82, 2.24) is 10.2 Å². The Balaban J connectivity index is 1.59. The van der Waals surface area contributed by atoms with Gasteiger partial charge in [0.15, 0.2) is 0 Å². The Morgan fingerprint density at radius 2 is 2.05 bits per heavy atom. The Bertz CT molecular complexity index is 592. The Labute approximate surface area is 125 Å². The summed E-state index contributed by atoms with van der Waals surface area (Å²) >= 11 is 1.40. The van der Waals surface area contributed by atoms with Gasteiger partial charge in [0.05, 0.1) is 6.42 Å². The van der Waals surface area contributed by atoms with Crippen molar-refractivity contribution in [2.45, 2.75) is 23.9 Å². The SMILES string of the molecule is O=C(Cc1ccccc1)NC1C(=O)N2C(C(=O)O)CS[C@@H]12. The Morgan fingerprint density at radius 1 is 1.33 bits per heavy atom. The van der Waals surface area contributed by atoms with Gasteiger partial charge >= 0.3 is 5.97 Å². The summed E-state index contributed by atoms with van der Waals surface area (Å²) in [5.74, 6) is -1.15. The highest BCUT2D eigenvalue weighted by Crippen LogP contribution is 2.39.